The third kappa shape index (κ3) is 4.99. The van der Waals surface area contributed by atoms with E-state index in [0.29, 0.717) is 12.0 Å². The normalized spacial score (nSPS) is 15.8. The third-order valence-corrected chi connectivity index (χ3v) is 4.19. The van der Waals surface area contributed by atoms with Crippen LogP contribution in [0.25, 0.3) is 0 Å². The molecule has 3 nitrogen and oxygen atoms in total. The van der Waals surface area contributed by atoms with Crippen molar-refractivity contribution in [3.05, 3.63) is 23.9 Å². The molecule has 1 aromatic heterocycles. The maximum atomic E-state index is 4.66. The maximum absolute atomic E-state index is 4.66. The van der Waals surface area contributed by atoms with Gasteiger partial charge in [-0.2, -0.15) is 0 Å². The zero-order valence-electron chi connectivity index (χ0n) is 13.9. The molecule has 1 aromatic rings. The predicted octanol–water partition coefficient (Wildman–Crippen LogP) is 3.99. The number of hydrogen-bond donors (Lipinski definition) is 1. The summed E-state index contributed by atoms with van der Waals surface area (Å²) in [6.07, 6.45) is 8.55. The number of aromatic nitrogens is 1. The molecule has 3 heteroatoms. The van der Waals surface area contributed by atoms with Crippen molar-refractivity contribution in [1.82, 2.24) is 10.3 Å². The van der Waals surface area contributed by atoms with Crippen LogP contribution in [0, 0.1) is 5.92 Å². The molecule has 2 rings (SSSR count). The van der Waals surface area contributed by atoms with E-state index in [2.05, 4.69) is 48.1 Å². The molecule has 1 heterocycles. The van der Waals surface area contributed by atoms with Crippen molar-refractivity contribution in [2.45, 2.75) is 65.5 Å². The highest BCUT2D eigenvalue weighted by Crippen LogP contribution is 2.28. The van der Waals surface area contributed by atoms with Crippen LogP contribution in [-0.4, -0.2) is 24.1 Å². The molecular weight excluding hydrogens is 258 g/mol. The average Bonchev–Trinajstić information content (AvgIpc) is 2.99. The first-order valence-corrected chi connectivity index (χ1v) is 8.63. The summed E-state index contributed by atoms with van der Waals surface area (Å²) in [5.74, 6) is 1.85. The molecule has 0 saturated heterocycles. The van der Waals surface area contributed by atoms with E-state index in [1.807, 2.05) is 6.20 Å². The molecule has 1 aliphatic carbocycles. The first kappa shape index (κ1) is 16.3. The van der Waals surface area contributed by atoms with E-state index >= 15 is 0 Å². The molecule has 1 saturated carbocycles. The minimum Gasteiger partial charge on any atom is -0.353 e. The van der Waals surface area contributed by atoms with Crippen molar-refractivity contribution in [2.75, 3.05) is 18.0 Å². The van der Waals surface area contributed by atoms with Crippen molar-refractivity contribution in [3.8, 4) is 0 Å². The lowest BCUT2D eigenvalue weighted by molar-refractivity contribution is 0.531. The Morgan fingerprint density at radius 2 is 2.10 bits per heavy atom. The van der Waals surface area contributed by atoms with E-state index < -0.39 is 0 Å². The summed E-state index contributed by atoms with van der Waals surface area (Å²) >= 11 is 0. The first-order chi connectivity index (χ1) is 10.2. The zero-order chi connectivity index (χ0) is 15.1. The maximum Gasteiger partial charge on any atom is 0.129 e. The van der Waals surface area contributed by atoms with Gasteiger partial charge in [0.25, 0.3) is 0 Å². The molecule has 1 N–H and O–H groups in total. The van der Waals surface area contributed by atoms with Gasteiger partial charge in [-0.3, -0.25) is 0 Å². The quantitative estimate of drug-likeness (QED) is 0.734. The molecule has 1 fully saturated rings. The fourth-order valence-corrected chi connectivity index (χ4v) is 3.18. The summed E-state index contributed by atoms with van der Waals surface area (Å²) in [5.41, 5.74) is 1.35. The third-order valence-electron chi connectivity index (χ3n) is 4.19. The Morgan fingerprint density at radius 1 is 1.33 bits per heavy atom. The van der Waals surface area contributed by atoms with Gasteiger partial charge in [0.15, 0.2) is 0 Å². The molecule has 21 heavy (non-hydrogen) atoms. The SMILES string of the molecule is CCCNCc1ccnc(N(CC(C)C)C2CCCC2)c1. The van der Waals surface area contributed by atoms with Gasteiger partial charge in [0.1, 0.15) is 5.82 Å². The van der Waals surface area contributed by atoms with E-state index in [-0.39, 0.29) is 0 Å². The monoisotopic (exact) mass is 289 g/mol. The van der Waals surface area contributed by atoms with E-state index in [4.69, 9.17) is 0 Å². The average molecular weight is 289 g/mol. The Morgan fingerprint density at radius 3 is 2.76 bits per heavy atom. The van der Waals surface area contributed by atoms with Crippen molar-refractivity contribution in [1.29, 1.82) is 0 Å². The van der Waals surface area contributed by atoms with Gasteiger partial charge >= 0.3 is 0 Å². The second-order valence-electron chi connectivity index (χ2n) is 6.68. The Balaban J connectivity index is 2.08. The van der Waals surface area contributed by atoms with Gasteiger partial charge in [-0.15, -0.1) is 0 Å². The smallest absolute Gasteiger partial charge is 0.129 e. The van der Waals surface area contributed by atoms with Gasteiger partial charge in [0.2, 0.25) is 0 Å². The van der Waals surface area contributed by atoms with Crippen LogP contribution in [0.5, 0.6) is 0 Å². The summed E-state index contributed by atoms with van der Waals surface area (Å²) in [7, 11) is 0. The van der Waals surface area contributed by atoms with E-state index in [1.165, 1.54) is 43.5 Å². The van der Waals surface area contributed by atoms with Crippen LogP contribution < -0.4 is 10.2 Å². The summed E-state index contributed by atoms with van der Waals surface area (Å²) in [6.45, 7) is 9.95. The molecule has 0 amide bonds. The number of nitrogens with zero attached hydrogens (tertiary/aromatic N) is 2. The summed E-state index contributed by atoms with van der Waals surface area (Å²) in [4.78, 5) is 7.22. The van der Waals surface area contributed by atoms with Crippen LogP contribution in [-0.2, 0) is 6.54 Å². The van der Waals surface area contributed by atoms with Crippen molar-refractivity contribution >= 4 is 5.82 Å². The molecule has 1 aliphatic rings. The van der Waals surface area contributed by atoms with E-state index in [9.17, 15) is 0 Å². The van der Waals surface area contributed by atoms with Crippen molar-refractivity contribution in [3.63, 3.8) is 0 Å². The second-order valence-corrected chi connectivity index (χ2v) is 6.68. The fraction of sp³-hybridized carbons (Fsp3) is 0.722. The molecule has 0 aliphatic heterocycles. The van der Waals surface area contributed by atoms with Crippen molar-refractivity contribution < 1.29 is 0 Å². The number of pyridine rings is 1. The van der Waals surface area contributed by atoms with Gasteiger partial charge in [0.05, 0.1) is 0 Å². The zero-order valence-corrected chi connectivity index (χ0v) is 13.9. The fourth-order valence-electron chi connectivity index (χ4n) is 3.18. The lowest BCUT2D eigenvalue weighted by atomic mass is 10.1. The predicted molar refractivity (Wildman–Crippen MR) is 90.7 cm³/mol. The summed E-state index contributed by atoms with van der Waals surface area (Å²) in [5, 5.41) is 3.48. The van der Waals surface area contributed by atoms with Crippen molar-refractivity contribution in [2.24, 2.45) is 5.92 Å². The molecule has 0 atom stereocenters. The largest absolute Gasteiger partial charge is 0.353 e. The topological polar surface area (TPSA) is 28.2 Å². The number of rotatable bonds is 8. The van der Waals surface area contributed by atoms with E-state index in [1.54, 1.807) is 0 Å². The molecule has 118 valence electrons. The number of anilines is 1. The highest BCUT2D eigenvalue weighted by atomic mass is 15.2. The molecule has 0 radical (unpaired) electrons. The number of hydrogen-bond acceptors (Lipinski definition) is 3. The molecule has 0 aromatic carbocycles. The van der Waals surface area contributed by atoms with Gasteiger partial charge in [-0.25, -0.2) is 4.98 Å². The summed E-state index contributed by atoms with van der Waals surface area (Å²) in [6, 6.07) is 5.11. The Kier molecular flexibility index (Phi) is 6.50. The van der Waals surface area contributed by atoms with Crippen LogP contribution >= 0.6 is 0 Å². The summed E-state index contributed by atoms with van der Waals surface area (Å²) < 4.78 is 0. The van der Waals surface area contributed by atoms with Crippen LogP contribution in [0.2, 0.25) is 0 Å². The number of nitrogens with one attached hydrogen (secondary N) is 1. The van der Waals surface area contributed by atoms with Crippen LogP contribution in [0.3, 0.4) is 0 Å². The highest BCUT2D eigenvalue weighted by molar-refractivity contribution is 5.42. The molecular formula is C18H31N3. The van der Waals surface area contributed by atoms with Crippen LogP contribution in [0.1, 0.15) is 58.4 Å². The van der Waals surface area contributed by atoms with Crippen LogP contribution in [0.4, 0.5) is 5.82 Å². The van der Waals surface area contributed by atoms with Gasteiger partial charge in [-0.05, 0) is 49.4 Å². The molecule has 0 bridgehead atoms. The molecule has 0 spiro atoms. The Bertz CT molecular complexity index is 411. The Labute approximate surface area is 130 Å². The van der Waals surface area contributed by atoms with Crippen LogP contribution in [0.15, 0.2) is 18.3 Å². The van der Waals surface area contributed by atoms with Gasteiger partial charge in [-0.1, -0.05) is 33.6 Å². The highest BCUT2D eigenvalue weighted by Gasteiger charge is 2.24. The minimum atomic E-state index is 0.675. The van der Waals surface area contributed by atoms with Gasteiger partial charge in [0, 0.05) is 25.3 Å². The molecule has 0 unspecified atom stereocenters. The second kappa shape index (κ2) is 8.38. The standard InChI is InChI=1S/C18H31N3/c1-4-10-19-13-16-9-11-20-18(12-16)21(14-15(2)3)17-7-5-6-8-17/h9,11-12,15,17,19H,4-8,10,13-14H2,1-3H3. The van der Waals surface area contributed by atoms with E-state index in [0.717, 1.165) is 19.6 Å². The minimum absolute atomic E-state index is 0.675. The van der Waals surface area contributed by atoms with Gasteiger partial charge < -0.3 is 10.2 Å². The lowest BCUT2D eigenvalue weighted by Gasteiger charge is -2.32. The Hall–Kier alpha value is -1.09. The first-order valence-electron chi connectivity index (χ1n) is 8.63. The lowest BCUT2D eigenvalue weighted by Crippen LogP contribution is -2.37.